The van der Waals surface area contributed by atoms with E-state index < -0.39 is 32.5 Å². The number of unbranched alkanes of at least 4 members (excludes halogenated alkanes) is 7. The molecule has 0 aliphatic heterocycles. The van der Waals surface area contributed by atoms with Crippen molar-refractivity contribution in [1.29, 1.82) is 0 Å². The zero-order chi connectivity index (χ0) is 42.3. The third-order valence-corrected chi connectivity index (χ3v) is 9.43. The predicted octanol–water partition coefficient (Wildman–Crippen LogP) is 10.4. The molecule has 1 unspecified atom stereocenters. The number of rotatable bonds is 37. The Balaban J connectivity index is 4.54. The van der Waals surface area contributed by atoms with Crippen LogP contribution < -0.4 is 4.89 Å². The first-order valence-electron chi connectivity index (χ1n) is 21.4. The first kappa shape index (κ1) is 54.2. The van der Waals surface area contributed by atoms with Crippen LogP contribution >= 0.6 is 7.82 Å². The van der Waals surface area contributed by atoms with E-state index in [0.717, 1.165) is 89.9 Å². The van der Waals surface area contributed by atoms with Crippen molar-refractivity contribution in [2.45, 2.75) is 148 Å². The molecule has 0 heterocycles. The summed E-state index contributed by atoms with van der Waals surface area (Å²) in [5.41, 5.74) is 0. The number of aliphatic hydroxyl groups is 1. The first-order valence-corrected chi connectivity index (χ1v) is 22.8. The summed E-state index contributed by atoms with van der Waals surface area (Å²) in [7, 11) is 1.08. The van der Waals surface area contributed by atoms with E-state index in [4.69, 9.17) is 18.5 Å². The maximum atomic E-state index is 12.7. The van der Waals surface area contributed by atoms with E-state index in [1.807, 2.05) is 39.4 Å². The van der Waals surface area contributed by atoms with E-state index in [2.05, 4.69) is 80.7 Å². The summed E-state index contributed by atoms with van der Waals surface area (Å²) in [6.45, 7) is 3.83. The third kappa shape index (κ3) is 41.1. The van der Waals surface area contributed by atoms with Crippen LogP contribution in [-0.4, -0.2) is 81.2 Å². The van der Waals surface area contributed by atoms with Crippen LogP contribution in [0.1, 0.15) is 136 Å². The molecule has 0 aliphatic carbocycles. The average molecular weight is 820 g/mol. The van der Waals surface area contributed by atoms with Gasteiger partial charge in [-0.1, -0.05) is 131 Å². The van der Waals surface area contributed by atoms with Gasteiger partial charge in [-0.05, 0) is 77.0 Å². The molecule has 1 N–H and O–H groups in total. The van der Waals surface area contributed by atoms with Crippen molar-refractivity contribution in [3.05, 3.63) is 85.1 Å². The Morgan fingerprint density at radius 1 is 0.649 bits per heavy atom. The fourth-order valence-electron chi connectivity index (χ4n) is 5.09. The van der Waals surface area contributed by atoms with Gasteiger partial charge in [-0.3, -0.25) is 14.2 Å². The maximum Gasteiger partial charge on any atom is 0.306 e. The van der Waals surface area contributed by atoms with Crippen LogP contribution in [0.2, 0.25) is 0 Å². The van der Waals surface area contributed by atoms with Crippen molar-refractivity contribution < 1.29 is 47.2 Å². The molecule has 11 heteroatoms. The number of aliphatic hydroxyl groups excluding tert-OH is 1. The number of nitrogens with zero attached hydrogens (tertiary/aromatic N) is 1. The second-order valence-electron chi connectivity index (χ2n) is 15.1. The molecule has 3 atom stereocenters. The van der Waals surface area contributed by atoms with Crippen LogP contribution in [0.5, 0.6) is 0 Å². The highest BCUT2D eigenvalue weighted by Gasteiger charge is 2.21. The van der Waals surface area contributed by atoms with Crippen LogP contribution in [0, 0.1) is 0 Å². The summed E-state index contributed by atoms with van der Waals surface area (Å²) in [5.74, 6) is -0.953. The Hall–Kier alpha value is -2.85. The Bertz CT molecular complexity index is 1260. The van der Waals surface area contributed by atoms with Gasteiger partial charge in [-0.15, -0.1) is 0 Å². The minimum Gasteiger partial charge on any atom is -0.756 e. The molecule has 0 fully saturated rings. The second kappa shape index (κ2) is 37.4. The molecule has 0 aromatic heterocycles. The molecule has 0 bridgehead atoms. The summed E-state index contributed by atoms with van der Waals surface area (Å²) in [6, 6.07) is 0. The number of esters is 2. The molecule has 10 nitrogen and oxygen atoms in total. The molecule has 326 valence electrons. The van der Waals surface area contributed by atoms with Crippen molar-refractivity contribution in [3.63, 3.8) is 0 Å². The van der Waals surface area contributed by atoms with Crippen molar-refractivity contribution >= 4 is 19.8 Å². The number of phosphoric acid groups is 1. The number of carbonyl (C=O) groups excluding carboxylic acids is 2. The van der Waals surface area contributed by atoms with Gasteiger partial charge in [-0.25, -0.2) is 0 Å². The van der Waals surface area contributed by atoms with Crippen LogP contribution in [0.25, 0.3) is 0 Å². The molecule has 0 radical (unpaired) electrons. The van der Waals surface area contributed by atoms with Crippen molar-refractivity contribution in [3.8, 4) is 0 Å². The Labute approximate surface area is 346 Å². The van der Waals surface area contributed by atoms with Gasteiger partial charge in [-0.2, -0.15) is 0 Å². The normalized spacial score (nSPS) is 15.0. The highest BCUT2D eigenvalue weighted by atomic mass is 31.2. The minimum atomic E-state index is -4.65. The van der Waals surface area contributed by atoms with Crippen LogP contribution in [-0.2, 0) is 32.7 Å². The molecule has 0 rings (SSSR count). The zero-order valence-electron chi connectivity index (χ0n) is 36.1. The third-order valence-electron chi connectivity index (χ3n) is 8.47. The van der Waals surface area contributed by atoms with E-state index >= 15 is 0 Å². The lowest BCUT2D eigenvalue weighted by Crippen LogP contribution is -2.37. The quantitative estimate of drug-likeness (QED) is 0.0214. The van der Waals surface area contributed by atoms with Gasteiger partial charge < -0.3 is 33.0 Å². The van der Waals surface area contributed by atoms with E-state index in [1.54, 1.807) is 0 Å². The molecule has 0 saturated carbocycles. The lowest BCUT2D eigenvalue weighted by molar-refractivity contribution is -0.870. The van der Waals surface area contributed by atoms with Gasteiger partial charge in [0.2, 0.25) is 0 Å². The van der Waals surface area contributed by atoms with Crippen LogP contribution in [0.4, 0.5) is 0 Å². The number of carbonyl (C=O) groups is 2. The monoisotopic (exact) mass is 820 g/mol. The lowest BCUT2D eigenvalue weighted by atomic mass is 10.1. The van der Waals surface area contributed by atoms with E-state index in [1.165, 1.54) is 0 Å². The number of hydrogen-bond acceptors (Lipinski definition) is 9. The summed E-state index contributed by atoms with van der Waals surface area (Å²) in [4.78, 5) is 37.5. The van der Waals surface area contributed by atoms with E-state index in [0.29, 0.717) is 30.3 Å². The highest BCUT2D eigenvalue weighted by molar-refractivity contribution is 7.45. The van der Waals surface area contributed by atoms with Crippen LogP contribution in [0.15, 0.2) is 85.1 Å². The molecular weight excluding hydrogens is 741 g/mol. The highest BCUT2D eigenvalue weighted by Crippen LogP contribution is 2.38. The number of ether oxygens (including phenoxy) is 2. The van der Waals surface area contributed by atoms with Gasteiger partial charge >= 0.3 is 11.9 Å². The van der Waals surface area contributed by atoms with Crippen molar-refractivity contribution in [1.82, 2.24) is 0 Å². The van der Waals surface area contributed by atoms with E-state index in [-0.39, 0.29) is 32.2 Å². The van der Waals surface area contributed by atoms with Gasteiger partial charge in [0.25, 0.3) is 7.82 Å². The lowest BCUT2D eigenvalue weighted by Gasteiger charge is -2.28. The topological polar surface area (TPSA) is 131 Å². The van der Waals surface area contributed by atoms with Crippen LogP contribution in [0.3, 0.4) is 0 Å². The molecular formula is C46H78NO9P. The molecule has 0 aromatic rings. The van der Waals surface area contributed by atoms with Gasteiger partial charge in [0.15, 0.2) is 6.10 Å². The predicted molar refractivity (Wildman–Crippen MR) is 232 cm³/mol. The number of likely N-dealkylation sites (N-methyl/N-ethyl adjacent to an activating group) is 1. The number of quaternary nitrogens is 1. The smallest absolute Gasteiger partial charge is 0.306 e. The molecule has 0 amide bonds. The van der Waals surface area contributed by atoms with Crippen molar-refractivity contribution in [2.24, 2.45) is 0 Å². The van der Waals surface area contributed by atoms with E-state index in [9.17, 15) is 24.2 Å². The van der Waals surface area contributed by atoms with Gasteiger partial charge in [0.1, 0.15) is 19.8 Å². The molecule has 0 spiro atoms. The van der Waals surface area contributed by atoms with Gasteiger partial charge in [0.05, 0.1) is 33.9 Å². The molecule has 0 aromatic carbocycles. The Morgan fingerprint density at radius 2 is 1.18 bits per heavy atom. The zero-order valence-corrected chi connectivity index (χ0v) is 37.0. The summed E-state index contributed by atoms with van der Waals surface area (Å²) < 4.78 is 33.7. The summed E-state index contributed by atoms with van der Waals surface area (Å²) in [6.07, 6.45) is 43.8. The molecule has 0 aliphatic rings. The molecule has 0 saturated heterocycles. The largest absolute Gasteiger partial charge is 0.756 e. The number of hydrogen-bond donors (Lipinski definition) is 1. The summed E-state index contributed by atoms with van der Waals surface area (Å²) in [5, 5.41) is 9.82. The first-order chi connectivity index (χ1) is 27.4. The fourth-order valence-corrected chi connectivity index (χ4v) is 5.82. The summed E-state index contributed by atoms with van der Waals surface area (Å²) >= 11 is 0. The number of allylic oxidation sites excluding steroid dienone is 13. The number of phosphoric ester groups is 1. The fraction of sp³-hybridized carbons (Fsp3) is 0.652. The average Bonchev–Trinajstić information content (AvgIpc) is 3.16. The second-order valence-corrected chi connectivity index (χ2v) is 16.5. The SMILES string of the molecule is CC/C=C\C/C=C\C/C=C\CCCCCCCC(=O)O[C@H](COC(=O)CCC/C=C\C/C=C\C/C=C\C/C=C\[C@@H](O)CCCC)COP(=O)([O-])OCC[N+](C)(C)C. The Kier molecular flexibility index (Phi) is 35.6. The van der Waals surface area contributed by atoms with Crippen molar-refractivity contribution in [2.75, 3.05) is 47.5 Å². The maximum absolute atomic E-state index is 12.7. The standard InChI is InChI=1S/C46H78NO9P/c1-6-8-10-11-12-13-14-15-16-17-22-25-28-31-34-38-46(50)56-44(42-55-57(51,52)54-40-39-47(3,4)5)41-53-45(49)37-33-30-27-24-21-19-18-20-23-26-29-32-36-43(48)35-9-7-2/h8,10,12-13,15-16,18-19,23-24,26-27,32,36,43-44,48H,6-7,9,11,14,17,20-22,25,28-31,33-35,37-42H2,1-5H3/b10-8-,13-12-,16-15-,19-18-,26-23-,27-24-,36-32-/t43-,44+/m0/s1. The molecule has 57 heavy (non-hydrogen) atoms. The van der Waals surface area contributed by atoms with Gasteiger partial charge in [0, 0.05) is 12.8 Å². The minimum absolute atomic E-state index is 0.0545. The Morgan fingerprint density at radius 3 is 1.77 bits per heavy atom.